The molecule has 0 heterocycles. The van der Waals surface area contributed by atoms with Gasteiger partial charge in [-0.05, 0) is 59.2 Å². The summed E-state index contributed by atoms with van der Waals surface area (Å²) in [6, 6.07) is 24.8. The summed E-state index contributed by atoms with van der Waals surface area (Å²) in [6.45, 7) is 0. The summed E-state index contributed by atoms with van der Waals surface area (Å²) in [5.41, 5.74) is 7.10. The molecule has 0 saturated carbocycles. The highest BCUT2D eigenvalue weighted by Crippen LogP contribution is 2.25. The molecule has 0 radical (unpaired) electrons. The van der Waals surface area contributed by atoms with Crippen molar-refractivity contribution >= 4 is 11.6 Å². The van der Waals surface area contributed by atoms with Crippen molar-refractivity contribution < 1.29 is 4.79 Å². The van der Waals surface area contributed by atoms with E-state index >= 15 is 0 Å². The molecule has 0 aliphatic heterocycles. The SMILES string of the molecule is O=C(Cc1ccc(-c2ccccc2)cc1)Nc1ccc2c(c1)CCC2. The van der Waals surface area contributed by atoms with Crippen LogP contribution >= 0.6 is 0 Å². The van der Waals surface area contributed by atoms with Crippen LogP contribution in [0.4, 0.5) is 5.69 Å². The highest BCUT2D eigenvalue weighted by molar-refractivity contribution is 5.92. The van der Waals surface area contributed by atoms with Crippen LogP contribution in [0.1, 0.15) is 23.1 Å². The van der Waals surface area contributed by atoms with Crippen molar-refractivity contribution in [2.45, 2.75) is 25.7 Å². The van der Waals surface area contributed by atoms with E-state index in [9.17, 15) is 4.79 Å². The predicted molar refractivity (Wildman–Crippen MR) is 103 cm³/mol. The number of fused-ring (bicyclic) bond motifs is 1. The lowest BCUT2D eigenvalue weighted by Gasteiger charge is -2.08. The Kier molecular flexibility index (Phi) is 4.34. The maximum absolute atomic E-state index is 12.3. The Bertz CT molecular complexity index is 882. The molecule has 0 unspecified atom stereocenters. The first-order valence-corrected chi connectivity index (χ1v) is 8.84. The molecule has 0 atom stereocenters. The van der Waals surface area contributed by atoms with Crippen LogP contribution in [0.5, 0.6) is 0 Å². The van der Waals surface area contributed by atoms with E-state index in [0.717, 1.165) is 24.1 Å². The summed E-state index contributed by atoms with van der Waals surface area (Å²) in [7, 11) is 0. The van der Waals surface area contributed by atoms with Crippen molar-refractivity contribution in [3.63, 3.8) is 0 Å². The second kappa shape index (κ2) is 6.94. The van der Waals surface area contributed by atoms with Crippen molar-refractivity contribution in [3.8, 4) is 11.1 Å². The number of nitrogens with one attached hydrogen (secondary N) is 1. The molecule has 3 aromatic rings. The van der Waals surface area contributed by atoms with E-state index in [0.29, 0.717) is 6.42 Å². The molecule has 4 rings (SSSR count). The summed E-state index contributed by atoms with van der Waals surface area (Å²) in [5, 5.41) is 3.03. The largest absolute Gasteiger partial charge is 0.326 e. The summed E-state index contributed by atoms with van der Waals surface area (Å²) in [4.78, 5) is 12.3. The van der Waals surface area contributed by atoms with Crippen LogP contribution < -0.4 is 5.32 Å². The first-order chi connectivity index (χ1) is 12.3. The molecule has 124 valence electrons. The molecule has 0 bridgehead atoms. The lowest BCUT2D eigenvalue weighted by atomic mass is 10.0. The van der Waals surface area contributed by atoms with Gasteiger partial charge in [0.05, 0.1) is 6.42 Å². The number of anilines is 1. The highest BCUT2D eigenvalue weighted by atomic mass is 16.1. The normalized spacial score (nSPS) is 12.6. The van der Waals surface area contributed by atoms with Crippen LogP contribution in [-0.2, 0) is 24.1 Å². The predicted octanol–water partition coefficient (Wildman–Crippen LogP) is 5.02. The smallest absolute Gasteiger partial charge is 0.228 e. The van der Waals surface area contributed by atoms with Crippen LogP contribution in [0.25, 0.3) is 11.1 Å². The fourth-order valence-corrected chi connectivity index (χ4v) is 3.49. The Labute approximate surface area is 148 Å². The van der Waals surface area contributed by atoms with E-state index in [1.807, 2.05) is 36.4 Å². The first-order valence-electron chi connectivity index (χ1n) is 8.84. The zero-order valence-corrected chi connectivity index (χ0v) is 14.2. The van der Waals surface area contributed by atoms with Gasteiger partial charge in [0.25, 0.3) is 0 Å². The standard InChI is InChI=1S/C23H21NO/c25-23(24-22-14-13-19-7-4-8-21(19)16-22)15-17-9-11-20(12-10-17)18-5-2-1-3-6-18/h1-3,5-6,9-14,16H,4,7-8,15H2,(H,24,25). The summed E-state index contributed by atoms with van der Waals surface area (Å²) in [5.74, 6) is 0.0328. The van der Waals surface area contributed by atoms with E-state index < -0.39 is 0 Å². The van der Waals surface area contributed by atoms with Gasteiger partial charge < -0.3 is 5.32 Å². The third-order valence-electron chi connectivity index (χ3n) is 4.81. The van der Waals surface area contributed by atoms with Crippen molar-refractivity contribution in [2.75, 3.05) is 5.32 Å². The molecular weight excluding hydrogens is 306 g/mol. The minimum atomic E-state index is 0.0328. The van der Waals surface area contributed by atoms with E-state index in [1.54, 1.807) is 0 Å². The quantitative estimate of drug-likeness (QED) is 0.716. The Morgan fingerprint density at radius 2 is 1.52 bits per heavy atom. The van der Waals surface area contributed by atoms with Gasteiger partial charge in [0.15, 0.2) is 0 Å². The van der Waals surface area contributed by atoms with E-state index in [-0.39, 0.29) is 5.91 Å². The maximum atomic E-state index is 12.3. The van der Waals surface area contributed by atoms with Crippen LogP contribution in [-0.4, -0.2) is 5.91 Å². The molecule has 1 amide bonds. The summed E-state index contributed by atoms with van der Waals surface area (Å²) >= 11 is 0. The third-order valence-corrected chi connectivity index (χ3v) is 4.81. The van der Waals surface area contributed by atoms with Crippen LogP contribution in [0, 0.1) is 0 Å². The molecule has 2 heteroatoms. The van der Waals surface area contributed by atoms with Crippen molar-refractivity contribution in [1.29, 1.82) is 0 Å². The average Bonchev–Trinajstić information content (AvgIpc) is 3.11. The van der Waals surface area contributed by atoms with Crippen LogP contribution in [0.2, 0.25) is 0 Å². The van der Waals surface area contributed by atoms with Gasteiger partial charge in [0.1, 0.15) is 0 Å². The van der Waals surface area contributed by atoms with Gasteiger partial charge in [-0.1, -0.05) is 60.7 Å². The molecular formula is C23H21NO. The zero-order valence-electron chi connectivity index (χ0n) is 14.2. The second-order valence-electron chi connectivity index (χ2n) is 6.62. The molecule has 1 N–H and O–H groups in total. The summed E-state index contributed by atoms with van der Waals surface area (Å²) < 4.78 is 0. The van der Waals surface area contributed by atoms with Crippen LogP contribution in [0.3, 0.4) is 0 Å². The van der Waals surface area contributed by atoms with Crippen molar-refractivity contribution in [2.24, 2.45) is 0 Å². The number of amides is 1. The van der Waals surface area contributed by atoms with Gasteiger partial charge in [0.2, 0.25) is 5.91 Å². The minimum Gasteiger partial charge on any atom is -0.326 e. The number of rotatable bonds is 4. The van der Waals surface area contributed by atoms with Gasteiger partial charge in [-0.2, -0.15) is 0 Å². The van der Waals surface area contributed by atoms with Crippen molar-refractivity contribution in [3.05, 3.63) is 89.5 Å². The molecule has 2 nitrogen and oxygen atoms in total. The highest BCUT2D eigenvalue weighted by Gasteiger charge is 2.12. The fraction of sp³-hybridized carbons (Fsp3) is 0.174. The molecule has 3 aromatic carbocycles. The molecule has 0 fully saturated rings. The van der Waals surface area contributed by atoms with Gasteiger partial charge in [-0.15, -0.1) is 0 Å². The minimum absolute atomic E-state index is 0.0328. The van der Waals surface area contributed by atoms with Gasteiger partial charge >= 0.3 is 0 Å². The maximum Gasteiger partial charge on any atom is 0.228 e. The molecule has 0 aromatic heterocycles. The Balaban J connectivity index is 1.41. The molecule has 1 aliphatic rings. The van der Waals surface area contributed by atoms with E-state index in [1.165, 1.54) is 28.7 Å². The number of hydrogen-bond acceptors (Lipinski definition) is 1. The zero-order chi connectivity index (χ0) is 17.1. The lowest BCUT2D eigenvalue weighted by Crippen LogP contribution is -2.14. The summed E-state index contributed by atoms with van der Waals surface area (Å²) in [6.07, 6.45) is 3.91. The number of aryl methyl sites for hydroxylation is 2. The number of hydrogen-bond donors (Lipinski definition) is 1. The van der Waals surface area contributed by atoms with Gasteiger partial charge in [0, 0.05) is 5.69 Å². The van der Waals surface area contributed by atoms with E-state index in [2.05, 4.69) is 41.7 Å². The Morgan fingerprint density at radius 1 is 0.800 bits per heavy atom. The number of carbonyl (C=O) groups excluding carboxylic acids is 1. The monoisotopic (exact) mass is 327 g/mol. The molecule has 0 spiro atoms. The Morgan fingerprint density at radius 3 is 2.32 bits per heavy atom. The molecule has 0 saturated heterocycles. The second-order valence-corrected chi connectivity index (χ2v) is 6.62. The topological polar surface area (TPSA) is 29.1 Å². The van der Waals surface area contributed by atoms with Crippen molar-refractivity contribution in [1.82, 2.24) is 0 Å². The molecule has 25 heavy (non-hydrogen) atoms. The third kappa shape index (κ3) is 3.63. The van der Waals surface area contributed by atoms with Crippen LogP contribution in [0.15, 0.2) is 72.8 Å². The van der Waals surface area contributed by atoms with Gasteiger partial charge in [-0.25, -0.2) is 0 Å². The van der Waals surface area contributed by atoms with E-state index in [4.69, 9.17) is 0 Å². The Hall–Kier alpha value is -2.87. The average molecular weight is 327 g/mol. The van der Waals surface area contributed by atoms with Gasteiger partial charge in [-0.3, -0.25) is 4.79 Å². The number of carbonyl (C=O) groups is 1. The lowest BCUT2D eigenvalue weighted by molar-refractivity contribution is -0.115. The molecule has 1 aliphatic carbocycles. The first kappa shape index (κ1) is 15.6. The number of benzene rings is 3. The fourth-order valence-electron chi connectivity index (χ4n) is 3.49.